The van der Waals surface area contributed by atoms with Gasteiger partial charge in [0.05, 0.1) is 16.6 Å². The van der Waals surface area contributed by atoms with Crippen LogP contribution in [0, 0.1) is 22.7 Å². The van der Waals surface area contributed by atoms with Crippen molar-refractivity contribution in [2.24, 2.45) is 22.7 Å². The maximum absolute atomic E-state index is 12.0. The van der Waals surface area contributed by atoms with Crippen molar-refractivity contribution in [3.63, 3.8) is 0 Å². The number of carboxylic acids is 1. The number of carbonyl (C=O) groups is 1. The number of carboxylic acid groups (broad SMARTS) is 1. The minimum atomic E-state index is -0.607. The molecule has 1 saturated heterocycles. The molecule has 2 saturated carbocycles. The quantitative estimate of drug-likeness (QED) is 0.743. The lowest BCUT2D eigenvalue weighted by Gasteiger charge is -2.64. The first-order valence-electron chi connectivity index (χ1n) is 9.17. The molecule has 0 aromatic rings. The number of aliphatic carboxylic acids is 1. The Morgan fingerprint density at radius 1 is 1.09 bits per heavy atom. The maximum atomic E-state index is 12.0. The molecule has 0 bridgehead atoms. The van der Waals surface area contributed by atoms with Gasteiger partial charge in [0, 0.05) is 0 Å². The fourth-order valence-electron chi connectivity index (χ4n) is 6.45. The summed E-state index contributed by atoms with van der Waals surface area (Å²) in [6.07, 6.45) is 8.94. The smallest absolute Gasteiger partial charge is 0.309 e. The SMILES string of the molecule is C=C[C@]1(C)CC[C@H]2[C@]3(C)CCC[C@@](C)(C(=O)O)[C@H]3CC[C@]2(C)O1. The van der Waals surface area contributed by atoms with E-state index in [4.69, 9.17) is 4.74 Å². The average molecular weight is 320 g/mol. The first-order valence-corrected chi connectivity index (χ1v) is 9.17. The van der Waals surface area contributed by atoms with Gasteiger partial charge < -0.3 is 9.84 Å². The van der Waals surface area contributed by atoms with E-state index in [1.54, 1.807) is 0 Å². The van der Waals surface area contributed by atoms with Gasteiger partial charge in [-0.25, -0.2) is 0 Å². The van der Waals surface area contributed by atoms with Crippen molar-refractivity contribution in [3.8, 4) is 0 Å². The molecule has 0 aromatic carbocycles. The molecule has 3 fully saturated rings. The van der Waals surface area contributed by atoms with Crippen LogP contribution in [0.3, 0.4) is 0 Å². The Hall–Kier alpha value is -0.830. The summed E-state index contributed by atoms with van der Waals surface area (Å²) in [5.74, 6) is 0.0986. The molecule has 0 unspecified atom stereocenters. The van der Waals surface area contributed by atoms with Crippen LogP contribution in [0.25, 0.3) is 0 Å². The molecule has 0 spiro atoms. The Kier molecular flexibility index (Phi) is 3.76. The first-order chi connectivity index (χ1) is 10.6. The molecule has 3 rings (SSSR count). The predicted molar refractivity (Wildman–Crippen MR) is 91.2 cm³/mol. The van der Waals surface area contributed by atoms with Gasteiger partial charge >= 0.3 is 5.97 Å². The summed E-state index contributed by atoms with van der Waals surface area (Å²) in [4.78, 5) is 12.0. The van der Waals surface area contributed by atoms with E-state index >= 15 is 0 Å². The Morgan fingerprint density at radius 2 is 1.74 bits per heavy atom. The van der Waals surface area contributed by atoms with E-state index in [0.29, 0.717) is 5.92 Å². The lowest BCUT2D eigenvalue weighted by atomic mass is 9.44. The average Bonchev–Trinajstić information content (AvgIpc) is 2.45. The first kappa shape index (κ1) is 17.0. The fraction of sp³-hybridized carbons (Fsp3) is 0.850. The van der Waals surface area contributed by atoms with Crippen molar-refractivity contribution >= 4 is 5.97 Å². The van der Waals surface area contributed by atoms with Crippen LogP contribution in [0.15, 0.2) is 12.7 Å². The molecule has 0 aromatic heterocycles. The third-order valence-corrected chi connectivity index (χ3v) is 7.76. The molecule has 6 atom stereocenters. The van der Waals surface area contributed by atoms with Crippen LogP contribution in [-0.4, -0.2) is 22.3 Å². The topological polar surface area (TPSA) is 46.5 Å². The molecule has 3 heteroatoms. The summed E-state index contributed by atoms with van der Waals surface area (Å²) in [6.45, 7) is 12.7. The summed E-state index contributed by atoms with van der Waals surface area (Å²) in [5.41, 5.74) is -0.892. The molecule has 0 amide bonds. The van der Waals surface area contributed by atoms with Gasteiger partial charge in [0.15, 0.2) is 0 Å². The van der Waals surface area contributed by atoms with Crippen molar-refractivity contribution in [3.05, 3.63) is 12.7 Å². The molecule has 1 N–H and O–H groups in total. The van der Waals surface area contributed by atoms with E-state index in [-0.39, 0.29) is 22.5 Å². The van der Waals surface area contributed by atoms with Crippen molar-refractivity contribution in [2.45, 2.75) is 83.8 Å². The van der Waals surface area contributed by atoms with Crippen LogP contribution in [0.4, 0.5) is 0 Å². The van der Waals surface area contributed by atoms with Gasteiger partial charge in [-0.05, 0) is 76.5 Å². The van der Waals surface area contributed by atoms with Crippen LogP contribution in [0.1, 0.15) is 72.6 Å². The largest absolute Gasteiger partial charge is 0.481 e. The highest BCUT2D eigenvalue weighted by molar-refractivity contribution is 5.75. The number of ether oxygens (including phenoxy) is 1. The van der Waals surface area contributed by atoms with Crippen LogP contribution < -0.4 is 0 Å². The summed E-state index contributed by atoms with van der Waals surface area (Å²) in [7, 11) is 0. The lowest BCUT2D eigenvalue weighted by Crippen LogP contribution is -2.63. The summed E-state index contributed by atoms with van der Waals surface area (Å²) >= 11 is 0. The fourth-order valence-corrected chi connectivity index (χ4v) is 6.45. The second-order valence-corrected chi connectivity index (χ2v) is 9.20. The third-order valence-electron chi connectivity index (χ3n) is 7.76. The minimum absolute atomic E-state index is 0.0703. The Morgan fingerprint density at radius 3 is 2.35 bits per heavy atom. The second-order valence-electron chi connectivity index (χ2n) is 9.20. The molecule has 2 aliphatic carbocycles. The molecule has 3 aliphatic rings. The predicted octanol–water partition coefficient (Wildman–Crippen LogP) is 4.81. The second kappa shape index (κ2) is 5.08. The molecule has 1 heterocycles. The van der Waals surface area contributed by atoms with Crippen LogP contribution in [0.2, 0.25) is 0 Å². The standard InChI is InChI=1S/C20H32O3/c1-6-17(2)12-8-15-18(3)10-7-11-19(4,16(21)22)14(18)9-13-20(15,5)23-17/h6,14-15H,1,7-13H2,2-5H3,(H,21,22)/t14-,15-,17+,18+,19+,20-/m0/s1. The van der Waals surface area contributed by atoms with Crippen molar-refractivity contribution in [1.29, 1.82) is 0 Å². The molecule has 23 heavy (non-hydrogen) atoms. The van der Waals surface area contributed by atoms with Gasteiger partial charge in [0.25, 0.3) is 0 Å². The monoisotopic (exact) mass is 320 g/mol. The van der Waals surface area contributed by atoms with Crippen LogP contribution >= 0.6 is 0 Å². The van der Waals surface area contributed by atoms with Gasteiger partial charge in [-0.1, -0.05) is 19.4 Å². The van der Waals surface area contributed by atoms with E-state index in [1.807, 2.05) is 13.0 Å². The van der Waals surface area contributed by atoms with E-state index in [1.165, 1.54) is 0 Å². The molecule has 0 radical (unpaired) electrons. The highest BCUT2D eigenvalue weighted by Gasteiger charge is 2.63. The third kappa shape index (κ3) is 2.30. The molecular weight excluding hydrogens is 288 g/mol. The van der Waals surface area contributed by atoms with Gasteiger partial charge in [0.2, 0.25) is 0 Å². The maximum Gasteiger partial charge on any atom is 0.309 e. The van der Waals surface area contributed by atoms with Crippen molar-refractivity contribution < 1.29 is 14.6 Å². The Bertz CT molecular complexity index is 529. The number of hydrogen-bond acceptors (Lipinski definition) is 2. The van der Waals surface area contributed by atoms with E-state index in [2.05, 4.69) is 27.4 Å². The number of hydrogen-bond donors (Lipinski definition) is 1. The van der Waals surface area contributed by atoms with E-state index in [9.17, 15) is 9.90 Å². The highest BCUT2D eigenvalue weighted by Crippen LogP contribution is 2.65. The zero-order chi connectivity index (χ0) is 17.1. The normalized spacial score (nSPS) is 53.0. The lowest BCUT2D eigenvalue weighted by molar-refractivity contribution is -0.254. The molecule has 1 aliphatic heterocycles. The molecular formula is C20H32O3. The van der Waals surface area contributed by atoms with Gasteiger partial charge in [-0.2, -0.15) is 0 Å². The van der Waals surface area contributed by atoms with Crippen LogP contribution in [-0.2, 0) is 9.53 Å². The summed E-state index contributed by atoms with van der Waals surface area (Å²) in [6, 6.07) is 0. The highest BCUT2D eigenvalue weighted by atomic mass is 16.5. The molecule has 3 nitrogen and oxygen atoms in total. The van der Waals surface area contributed by atoms with Gasteiger partial charge in [0.1, 0.15) is 0 Å². The minimum Gasteiger partial charge on any atom is -0.481 e. The Balaban J connectivity index is 1.97. The van der Waals surface area contributed by atoms with E-state index in [0.717, 1.165) is 44.9 Å². The van der Waals surface area contributed by atoms with Crippen molar-refractivity contribution in [1.82, 2.24) is 0 Å². The Labute approximate surface area is 140 Å². The summed E-state index contributed by atoms with van der Waals surface area (Å²) in [5, 5.41) is 9.89. The van der Waals surface area contributed by atoms with Gasteiger partial charge in [-0.15, -0.1) is 6.58 Å². The van der Waals surface area contributed by atoms with E-state index < -0.39 is 11.4 Å². The van der Waals surface area contributed by atoms with Crippen molar-refractivity contribution in [2.75, 3.05) is 0 Å². The molecule has 130 valence electrons. The van der Waals surface area contributed by atoms with Crippen LogP contribution in [0.5, 0.6) is 0 Å². The number of rotatable bonds is 2. The summed E-state index contributed by atoms with van der Waals surface area (Å²) < 4.78 is 6.59. The number of fused-ring (bicyclic) bond motifs is 3. The zero-order valence-corrected chi connectivity index (χ0v) is 15.2. The zero-order valence-electron chi connectivity index (χ0n) is 15.2. The van der Waals surface area contributed by atoms with Gasteiger partial charge in [-0.3, -0.25) is 4.79 Å².